The number of likely N-dealkylation sites (N-methyl/N-ethyl adjacent to an activating group) is 1. The number of fused-ring (bicyclic) bond motifs is 1. The third kappa shape index (κ3) is 7.26. The van der Waals surface area contributed by atoms with E-state index in [-0.39, 0.29) is 5.91 Å². The van der Waals surface area contributed by atoms with Crippen molar-refractivity contribution in [1.29, 1.82) is 5.26 Å². The maximum Gasteiger partial charge on any atom is 0.248 e. The number of nitrogens with one attached hydrogen (secondary N) is 2. The van der Waals surface area contributed by atoms with Gasteiger partial charge >= 0.3 is 0 Å². The summed E-state index contributed by atoms with van der Waals surface area (Å²) >= 11 is 6.52. The third-order valence-corrected chi connectivity index (χ3v) is 6.00. The third-order valence-electron chi connectivity index (χ3n) is 5.71. The van der Waals surface area contributed by atoms with Crippen LogP contribution in [0.1, 0.15) is 18.1 Å². The van der Waals surface area contributed by atoms with E-state index in [4.69, 9.17) is 21.1 Å². The standard InChI is InChI=1S/C30H29ClN6O3/c1-4-39-28-15-25-23(14-26(28)36-29(38)8-6-12-37(2)3)30(21(16-32)18-34-25)35-22-9-10-27(24(31)13-22)40-19-20-7-5-11-33-17-20/h5-11,13-15,17-18H,4,12,19H2,1-3H3,(H,34,35)(H,36,38)/b8-6+. The van der Waals surface area contributed by atoms with Crippen LogP contribution >= 0.6 is 11.6 Å². The number of benzene rings is 2. The number of carbonyl (C=O) groups excluding carboxylic acids is 1. The first-order valence-electron chi connectivity index (χ1n) is 12.6. The van der Waals surface area contributed by atoms with E-state index in [9.17, 15) is 10.1 Å². The van der Waals surface area contributed by atoms with Crippen molar-refractivity contribution in [2.24, 2.45) is 0 Å². The summed E-state index contributed by atoms with van der Waals surface area (Å²) in [5.74, 6) is 0.699. The molecule has 2 aromatic carbocycles. The largest absolute Gasteiger partial charge is 0.492 e. The van der Waals surface area contributed by atoms with E-state index in [1.807, 2.05) is 44.1 Å². The monoisotopic (exact) mass is 556 g/mol. The minimum atomic E-state index is -0.297. The summed E-state index contributed by atoms with van der Waals surface area (Å²) in [4.78, 5) is 23.1. The van der Waals surface area contributed by atoms with E-state index < -0.39 is 0 Å². The molecule has 9 nitrogen and oxygen atoms in total. The number of hydrogen-bond donors (Lipinski definition) is 2. The van der Waals surface area contributed by atoms with Crippen LogP contribution in [0.4, 0.5) is 17.1 Å². The molecule has 2 heterocycles. The van der Waals surface area contributed by atoms with Gasteiger partial charge in [0.2, 0.25) is 5.91 Å². The minimum Gasteiger partial charge on any atom is -0.492 e. The molecule has 0 spiro atoms. The van der Waals surface area contributed by atoms with Gasteiger partial charge in [0.25, 0.3) is 0 Å². The zero-order valence-corrected chi connectivity index (χ0v) is 23.2. The van der Waals surface area contributed by atoms with Crippen molar-refractivity contribution in [1.82, 2.24) is 14.9 Å². The molecule has 0 aliphatic rings. The SMILES string of the molecule is CCOc1cc2ncc(C#N)c(Nc3ccc(OCc4cccnc4)c(Cl)c3)c2cc1NC(=O)/C=C/CN(C)C. The Bertz CT molecular complexity index is 1570. The molecule has 10 heteroatoms. The van der Waals surface area contributed by atoms with Crippen LogP contribution in [0.2, 0.25) is 5.02 Å². The smallest absolute Gasteiger partial charge is 0.248 e. The van der Waals surface area contributed by atoms with Crippen molar-refractivity contribution in [2.75, 3.05) is 37.9 Å². The summed E-state index contributed by atoms with van der Waals surface area (Å²) in [5.41, 5.74) is 3.47. The van der Waals surface area contributed by atoms with Gasteiger partial charge in [-0.3, -0.25) is 14.8 Å². The van der Waals surface area contributed by atoms with E-state index in [0.29, 0.717) is 69.8 Å². The van der Waals surface area contributed by atoms with Crippen molar-refractivity contribution in [3.63, 3.8) is 0 Å². The number of rotatable bonds is 11. The first kappa shape index (κ1) is 28.4. The number of anilines is 3. The quantitative estimate of drug-likeness (QED) is 0.218. The summed E-state index contributed by atoms with van der Waals surface area (Å²) in [7, 11) is 3.84. The number of amides is 1. The van der Waals surface area contributed by atoms with Crippen molar-refractivity contribution in [3.8, 4) is 17.6 Å². The normalized spacial score (nSPS) is 11.0. The summed E-state index contributed by atoms with van der Waals surface area (Å²) in [6.07, 6.45) is 8.17. The number of pyridine rings is 2. The van der Waals surface area contributed by atoms with Gasteiger partial charge in [0.05, 0.1) is 34.1 Å². The van der Waals surface area contributed by atoms with E-state index in [0.717, 1.165) is 5.56 Å². The number of halogens is 1. The highest BCUT2D eigenvalue weighted by molar-refractivity contribution is 6.32. The number of aromatic nitrogens is 2. The molecule has 0 aliphatic carbocycles. The lowest BCUT2D eigenvalue weighted by Gasteiger charge is -2.16. The van der Waals surface area contributed by atoms with E-state index in [2.05, 4.69) is 26.7 Å². The van der Waals surface area contributed by atoms with Crippen LogP contribution < -0.4 is 20.1 Å². The van der Waals surface area contributed by atoms with Crippen LogP contribution in [0.5, 0.6) is 11.5 Å². The number of carbonyl (C=O) groups is 1. The van der Waals surface area contributed by atoms with Crippen LogP contribution in [-0.4, -0.2) is 48.0 Å². The molecule has 0 saturated carbocycles. The zero-order valence-electron chi connectivity index (χ0n) is 22.4. The van der Waals surface area contributed by atoms with Crippen LogP contribution in [0.25, 0.3) is 10.9 Å². The first-order chi connectivity index (χ1) is 19.4. The second kappa shape index (κ2) is 13.4. The Morgan fingerprint density at radius 2 is 2.00 bits per heavy atom. The Kier molecular flexibility index (Phi) is 9.52. The second-order valence-corrected chi connectivity index (χ2v) is 9.44. The van der Waals surface area contributed by atoms with Crippen LogP contribution in [0.15, 0.2) is 73.2 Å². The summed E-state index contributed by atoms with van der Waals surface area (Å²) in [6, 6.07) is 14.7. The molecule has 0 fully saturated rings. The Labute approximate surface area is 238 Å². The average molecular weight is 557 g/mol. The second-order valence-electron chi connectivity index (χ2n) is 9.03. The maximum atomic E-state index is 12.6. The Hall–Kier alpha value is -4.65. The topological polar surface area (TPSA) is 112 Å². The lowest BCUT2D eigenvalue weighted by molar-refractivity contribution is -0.111. The van der Waals surface area contributed by atoms with Gasteiger partial charge in [-0.25, -0.2) is 0 Å². The number of nitrogens with zero attached hydrogens (tertiary/aromatic N) is 4. The molecule has 0 saturated heterocycles. The number of hydrogen-bond acceptors (Lipinski definition) is 8. The van der Waals surface area contributed by atoms with Gasteiger partial charge in [-0.1, -0.05) is 23.7 Å². The van der Waals surface area contributed by atoms with Crippen LogP contribution in [0, 0.1) is 11.3 Å². The first-order valence-corrected chi connectivity index (χ1v) is 13.0. The molecule has 2 N–H and O–H groups in total. The van der Waals surface area contributed by atoms with Gasteiger partial charge in [0.15, 0.2) is 0 Å². The van der Waals surface area contributed by atoms with Gasteiger partial charge in [-0.15, -0.1) is 0 Å². The molecule has 40 heavy (non-hydrogen) atoms. The van der Waals surface area contributed by atoms with Gasteiger partial charge in [-0.2, -0.15) is 5.26 Å². The van der Waals surface area contributed by atoms with E-state index in [1.165, 1.54) is 12.3 Å². The van der Waals surface area contributed by atoms with Gasteiger partial charge in [-0.05, 0) is 51.4 Å². The Balaban J connectivity index is 1.64. The van der Waals surface area contributed by atoms with Gasteiger partial charge in [0, 0.05) is 53.9 Å². The van der Waals surface area contributed by atoms with Gasteiger partial charge < -0.3 is 25.0 Å². The van der Waals surface area contributed by atoms with Crippen molar-refractivity contribution in [3.05, 3.63) is 89.4 Å². The highest BCUT2D eigenvalue weighted by Crippen LogP contribution is 2.37. The fraction of sp³-hybridized carbons (Fsp3) is 0.200. The zero-order chi connectivity index (χ0) is 28.5. The average Bonchev–Trinajstić information content (AvgIpc) is 2.94. The molecule has 0 bridgehead atoms. The molecule has 0 atom stereocenters. The predicted octanol–water partition coefficient (Wildman–Crippen LogP) is 5.93. The molecule has 0 radical (unpaired) electrons. The summed E-state index contributed by atoms with van der Waals surface area (Å²) in [6.45, 7) is 3.22. The fourth-order valence-corrected chi connectivity index (χ4v) is 4.08. The van der Waals surface area contributed by atoms with Crippen LogP contribution in [0.3, 0.4) is 0 Å². The molecule has 2 aromatic heterocycles. The molecule has 0 unspecified atom stereocenters. The molecular weight excluding hydrogens is 528 g/mol. The van der Waals surface area contributed by atoms with Crippen molar-refractivity contribution in [2.45, 2.75) is 13.5 Å². The summed E-state index contributed by atoms with van der Waals surface area (Å²) in [5, 5.41) is 17.1. The molecular formula is C30H29ClN6O3. The summed E-state index contributed by atoms with van der Waals surface area (Å²) < 4.78 is 11.6. The minimum absolute atomic E-state index is 0.297. The van der Waals surface area contributed by atoms with E-state index in [1.54, 1.807) is 42.7 Å². The molecule has 4 rings (SSSR count). The highest BCUT2D eigenvalue weighted by Gasteiger charge is 2.16. The number of ether oxygens (including phenoxy) is 2. The predicted molar refractivity (Wildman–Crippen MR) is 157 cm³/mol. The van der Waals surface area contributed by atoms with Crippen molar-refractivity contribution >= 4 is 45.5 Å². The van der Waals surface area contributed by atoms with Crippen molar-refractivity contribution < 1.29 is 14.3 Å². The molecule has 0 aliphatic heterocycles. The van der Waals surface area contributed by atoms with E-state index >= 15 is 0 Å². The molecule has 204 valence electrons. The number of nitriles is 1. The van der Waals surface area contributed by atoms with Crippen LogP contribution in [-0.2, 0) is 11.4 Å². The maximum absolute atomic E-state index is 12.6. The lowest BCUT2D eigenvalue weighted by atomic mass is 10.1. The van der Waals surface area contributed by atoms with Gasteiger partial charge in [0.1, 0.15) is 24.2 Å². The molecule has 4 aromatic rings. The Morgan fingerprint density at radius 3 is 2.70 bits per heavy atom. The lowest BCUT2D eigenvalue weighted by Crippen LogP contribution is -2.13. The highest BCUT2D eigenvalue weighted by atomic mass is 35.5. The Morgan fingerprint density at radius 1 is 1.15 bits per heavy atom. The molecule has 1 amide bonds. The fourth-order valence-electron chi connectivity index (χ4n) is 3.84.